The Balaban J connectivity index is 3.27. The lowest BCUT2D eigenvalue weighted by atomic mass is 10.1. The van der Waals surface area contributed by atoms with Crippen LogP contribution < -0.4 is 0 Å². The number of alkyl halides is 1. The lowest BCUT2D eigenvalue weighted by molar-refractivity contribution is -0.387. The second kappa shape index (κ2) is 5.92. The second-order valence-electron chi connectivity index (χ2n) is 3.96. The van der Waals surface area contributed by atoms with Gasteiger partial charge in [0.15, 0.2) is 0 Å². The molecule has 8 heteroatoms. The molecule has 1 rings (SSSR count). The van der Waals surface area contributed by atoms with Gasteiger partial charge in [-0.2, -0.15) is 4.39 Å². The molecule has 0 aliphatic carbocycles. The molecule has 1 aromatic carbocycles. The van der Waals surface area contributed by atoms with Crippen molar-refractivity contribution in [1.29, 1.82) is 0 Å². The van der Waals surface area contributed by atoms with E-state index in [4.69, 9.17) is 11.6 Å². The molecule has 1 aromatic rings. The van der Waals surface area contributed by atoms with Crippen molar-refractivity contribution in [2.24, 2.45) is 0 Å². The van der Waals surface area contributed by atoms with Crippen molar-refractivity contribution in [3.05, 3.63) is 39.4 Å². The number of carbonyl (C=O) groups is 1. The van der Waals surface area contributed by atoms with Crippen molar-refractivity contribution >= 4 is 23.2 Å². The van der Waals surface area contributed by atoms with E-state index in [1.165, 1.54) is 7.05 Å². The number of nitro groups is 1. The van der Waals surface area contributed by atoms with Crippen LogP contribution in [0.25, 0.3) is 0 Å². The van der Waals surface area contributed by atoms with Crippen LogP contribution in [-0.4, -0.2) is 34.7 Å². The van der Waals surface area contributed by atoms with Crippen molar-refractivity contribution in [3.63, 3.8) is 0 Å². The highest BCUT2D eigenvalue weighted by Crippen LogP contribution is 2.23. The molecular weight excluding hydrogens is 282 g/mol. The monoisotopic (exact) mass is 292 g/mol. The summed E-state index contributed by atoms with van der Waals surface area (Å²) in [6, 6.07) is 0.634. The smallest absolute Gasteiger partial charge is 0.308 e. The van der Waals surface area contributed by atoms with Crippen LogP contribution in [0, 0.1) is 21.7 Å². The largest absolute Gasteiger partial charge is 0.338 e. The molecule has 0 heterocycles. The maximum Gasteiger partial charge on any atom is 0.308 e. The first-order chi connectivity index (χ1) is 8.79. The molecule has 0 aliphatic heterocycles. The number of hydrogen-bond acceptors (Lipinski definition) is 3. The predicted molar refractivity (Wildman–Crippen MR) is 65.3 cm³/mol. The molecule has 0 radical (unpaired) electrons. The number of nitrogens with zero attached hydrogens (tertiary/aromatic N) is 2. The van der Waals surface area contributed by atoms with Crippen LogP contribution in [0.1, 0.15) is 17.3 Å². The Morgan fingerprint density at radius 2 is 2.11 bits per heavy atom. The van der Waals surface area contributed by atoms with Gasteiger partial charge in [-0.05, 0) is 13.0 Å². The molecule has 0 aromatic heterocycles. The molecular formula is C11H11ClF2N2O3. The van der Waals surface area contributed by atoms with E-state index in [9.17, 15) is 23.7 Å². The van der Waals surface area contributed by atoms with E-state index < -0.39 is 39.8 Å². The van der Waals surface area contributed by atoms with Crippen molar-refractivity contribution in [3.8, 4) is 0 Å². The number of halogens is 3. The maximum absolute atomic E-state index is 13.8. The summed E-state index contributed by atoms with van der Waals surface area (Å²) in [4.78, 5) is 22.5. The molecule has 0 saturated carbocycles. The van der Waals surface area contributed by atoms with Crippen molar-refractivity contribution in [2.45, 2.75) is 13.0 Å². The van der Waals surface area contributed by atoms with Gasteiger partial charge in [-0.1, -0.05) is 0 Å². The Labute approximate surface area is 112 Å². The molecule has 19 heavy (non-hydrogen) atoms. The molecule has 5 nitrogen and oxygen atoms in total. The van der Waals surface area contributed by atoms with E-state index >= 15 is 0 Å². The van der Waals surface area contributed by atoms with E-state index in [1.54, 1.807) is 6.92 Å². The summed E-state index contributed by atoms with van der Waals surface area (Å²) in [5.74, 6) is -3.18. The third kappa shape index (κ3) is 3.17. The number of nitro benzene ring substituents is 1. The first-order valence-electron chi connectivity index (χ1n) is 5.26. The first kappa shape index (κ1) is 15.3. The van der Waals surface area contributed by atoms with Crippen molar-refractivity contribution in [2.75, 3.05) is 12.9 Å². The quantitative estimate of drug-likeness (QED) is 0.487. The SMILES string of the molecule is CC(CCl)N(C)C(=O)c1cc(F)cc([N+](=O)[O-])c1F. The van der Waals surface area contributed by atoms with Gasteiger partial charge in [0.2, 0.25) is 5.82 Å². The average Bonchev–Trinajstić information content (AvgIpc) is 2.37. The van der Waals surface area contributed by atoms with Crippen LogP contribution in [-0.2, 0) is 0 Å². The highest BCUT2D eigenvalue weighted by Gasteiger charge is 2.27. The number of carbonyl (C=O) groups excluding carboxylic acids is 1. The van der Waals surface area contributed by atoms with E-state index in [2.05, 4.69) is 0 Å². The predicted octanol–water partition coefficient (Wildman–Crippen LogP) is 2.57. The van der Waals surface area contributed by atoms with E-state index in [-0.39, 0.29) is 5.88 Å². The van der Waals surface area contributed by atoms with Gasteiger partial charge in [-0.25, -0.2) is 4.39 Å². The van der Waals surface area contributed by atoms with E-state index in [0.29, 0.717) is 12.1 Å². The van der Waals surface area contributed by atoms with Crippen molar-refractivity contribution in [1.82, 2.24) is 4.90 Å². The van der Waals surface area contributed by atoms with Gasteiger partial charge in [-0.15, -0.1) is 11.6 Å². The Bertz CT molecular complexity index is 525. The zero-order valence-electron chi connectivity index (χ0n) is 10.2. The number of amides is 1. The van der Waals surface area contributed by atoms with Gasteiger partial charge in [0.25, 0.3) is 5.91 Å². The summed E-state index contributed by atoms with van der Waals surface area (Å²) in [6.07, 6.45) is 0. The molecule has 0 N–H and O–H groups in total. The van der Waals surface area contributed by atoms with Crippen LogP contribution in [0.3, 0.4) is 0 Å². The second-order valence-corrected chi connectivity index (χ2v) is 4.27. The average molecular weight is 293 g/mol. The summed E-state index contributed by atoms with van der Waals surface area (Å²) in [6.45, 7) is 1.61. The van der Waals surface area contributed by atoms with Crippen LogP contribution in [0.2, 0.25) is 0 Å². The van der Waals surface area contributed by atoms with Gasteiger partial charge in [0.05, 0.1) is 16.6 Å². The fourth-order valence-corrected chi connectivity index (χ4v) is 1.56. The standard InChI is InChI=1S/C11H11ClF2N2O3/c1-6(5-12)15(2)11(17)8-3-7(13)4-9(10(8)14)16(18)19/h3-4,6H,5H2,1-2H3. The highest BCUT2D eigenvalue weighted by atomic mass is 35.5. The Morgan fingerprint density at radius 3 is 2.58 bits per heavy atom. The number of rotatable bonds is 4. The summed E-state index contributed by atoms with van der Waals surface area (Å²) in [5, 5.41) is 10.6. The number of hydrogen-bond donors (Lipinski definition) is 0. The zero-order chi connectivity index (χ0) is 14.7. The maximum atomic E-state index is 13.8. The van der Waals surface area contributed by atoms with Crippen LogP contribution in [0.15, 0.2) is 12.1 Å². The minimum Gasteiger partial charge on any atom is -0.338 e. The summed E-state index contributed by atoms with van der Waals surface area (Å²) >= 11 is 5.56. The summed E-state index contributed by atoms with van der Waals surface area (Å²) in [7, 11) is 1.35. The van der Waals surface area contributed by atoms with Gasteiger partial charge >= 0.3 is 5.69 Å². The van der Waals surface area contributed by atoms with Crippen molar-refractivity contribution < 1.29 is 18.5 Å². The molecule has 0 saturated heterocycles. The van der Waals surface area contributed by atoms with E-state index in [1.807, 2.05) is 0 Å². The summed E-state index contributed by atoms with van der Waals surface area (Å²) < 4.78 is 27.0. The van der Waals surface area contributed by atoms with Gasteiger partial charge in [0, 0.05) is 19.0 Å². The first-order valence-corrected chi connectivity index (χ1v) is 5.79. The van der Waals surface area contributed by atoms with Crippen LogP contribution >= 0.6 is 11.6 Å². The fourth-order valence-electron chi connectivity index (χ4n) is 1.36. The molecule has 1 atom stereocenters. The topological polar surface area (TPSA) is 63.5 Å². The Morgan fingerprint density at radius 1 is 1.53 bits per heavy atom. The van der Waals surface area contributed by atoms with Gasteiger partial charge in [0.1, 0.15) is 5.82 Å². The van der Waals surface area contributed by atoms with Crippen LogP contribution in [0.4, 0.5) is 14.5 Å². The molecule has 0 fully saturated rings. The van der Waals surface area contributed by atoms with Gasteiger partial charge < -0.3 is 4.90 Å². The molecule has 104 valence electrons. The minimum atomic E-state index is -1.36. The normalized spacial score (nSPS) is 12.1. The lowest BCUT2D eigenvalue weighted by Gasteiger charge is -2.23. The minimum absolute atomic E-state index is 0.0985. The zero-order valence-corrected chi connectivity index (χ0v) is 10.9. The lowest BCUT2D eigenvalue weighted by Crippen LogP contribution is -2.36. The number of benzene rings is 1. The Kier molecular flexibility index (Phi) is 4.77. The summed E-state index contributed by atoms with van der Waals surface area (Å²) in [5.41, 5.74) is -1.76. The third-order valence-corrected chi connectivity index (χ3v) is 3.10. The fraction of sp³-hybridized carbons (Fsp3) is 0.364. The molecule has 0 spiro atoms. The van der Waals surface area contributed by atoms with E-state index in [0.717, 1.165) is 4.90 Å². The molecule has 1 unspecified atom stereocenters. The Hall–Kier alpha value is -1.76. The van der Waals surface area contributed by atoms with Crippen LogP contribution in [0.5, 0.6) is 0 Å². The molecule has 0 aliphatic rings. The molecule has 0 bridgehead atoms. The molecule has 1 amide bonds. The highest BCUT2D eigenvalue weighted by molar-refractivity contribution is 6.18. The van der Waals surface area contributed by atoms with Gasteiger partial charge in [-0.3, -0.25) is 14.9 Å². The third-order valence-electron chi connectivity index (χ3n) is 2.65.